The summed E-state index contributed by atoms with van der Waals surface area (Å²) < 4.78 is 0. The molecular formula is C10H18O2. The van der Waals surface area contributed by atoms with Crippen molar-refractivity contribution in [1.82, 2.24) is 0 Å². The largest absolute Gasteiger partial charge is 0.481 e. The Labute approximate surface area is 74.0 Å². The summed E-state index contributed by atoms with van der Waals surface area (Å²) in [5, 5.41) is 8.92. The van der Waals surface area contributed by atoms with Gasteiger partial charge in [-0.05, 0) is 24.7 Å². The molecule has 1 saturated carbocycles. The summed E-state index contributed by atoms with van der Waals surface area (Å²) >= 11 is 0. The summed E-state index contributed by atoms with van der Waals surface area (Å²) in [6.45, 7) is 4.21. The van der Waals surface area contributed by atoms with Crippen LogP contribution in [0.1, 0.15) is 39.5 Å². The zero-order valence-electron chi connectivity index (χ0n) is 7.92. The second kappa shape index (κ2) is 3.92. The lowest BCUT2D eigenvalue weighted by molar-refractivity contribution is -0.145. The molecule has 12 heavy (non-hydrogen) atoms. The monoisotopic (exact) mass is 170 g/mol. The predicted octanol–water partition coefficient (Wildman–Crippen LogP) is 2.53. The molecule has 0 spiro atoms. The third-order valence-corrected chi connectivity index (χ3v) is 3.20. The second-order valence-electron chi connectivity index (χ2n) is 4.01. The highest BCUT2D eigenvalue weighted by Gasteiger charge is 2.31. The summed E-state index contributed by atoms with van der Waals surface area (Å²) in [5.41, 5.74) is 0. The first-order valence-electron chi connectivity index (χ1n) is 4.88. The van der Waals surface area contributed by atoms with Gasteiger partial charge in [0.05, 0.1) is 5.92 Å². The van der Waals surface area contributed by atoms with E-state index in [2.05, 4.69) is 13.8 Å². The molecule has 2 nitrogen and oxygen atoms in total. The quantitative estimate of drug-likeness (QED) is 0.691. The standard InChI is InChI=1S/C10H18O2/c1-3-8-5-4-7(2)9(6-8)10(11)12/h7-9H,3-6H2,1-2H3,(H,11,12). The van der Waals surface area contributed by atoms with Crippen molar-refractivity contribution in [3.05, 3.63) is 0 Å². The van der Waals surface area contributed by atoms with Gasteiger partial charge in [-0.1, -0.05) is 26.7 Å². The molecule has 0 amide bonds. The number of hydrogen-bond acceptors (Lipinski definition) is 1. The van der Waals surface area contributed by atoms with Crippen LogP contribution in [0.3, 0.4) is 0 Å². The molecule has 1 aliphatic carbocycles. The van der Waals surface area contributed by atoms with Crippen molar-refractivity contribution in [2.45, 2.75) is 39.5 Å². The van der Waals surface area contributed by atoms with Crippen LogP contribution < -0.4 is 0 Å². The van der Waals surface area contributed by atoms with E-state index in [1.807, 2.05) is 0 Å². The average Bonchev–Trinajstić information content (AvgIpc) is 2.05. The molecule has 0 aromatic heterocycles. The molecule has 0 aromatic carbocycles. The minimum Gasteiger partial charge on any atom is -0.481 e. The smallest absolute Gasteiger partial charge is 0.306 e. The maximum absolute atomic E-state index is 10.8. The van der Waals surface area contributed by atoms with Gasteiger partial charge in [0.25, 0.3) is 0 Å². The molecule has 0 radical (unpaired) electrons. The Balaban J connectivity index is 2.53. The summed E-state index contributed by atoms with van der Waals surface area (Å²) in [6, 6.07) is 0. The first-order chi connectivity index (χ1) is 5.65. The van der Waals surface area contributed by atoms with E-state index in [1.54, 1.807) is 0 Å². The van der Waals surface area contributed by atoms with Gasteiger partial charge >= 0.3 is 5.97 Å². The Morgan fingerprint density at radius 1 is 1.50 bits per heavy atom. The Hall–Kier alpha value is -0.530. The minimum absolute atomic E-state index is 0.0799. The van der Waals surface area contributed by atoms with Crippen LogP contribution >= 0.6 is 0 Å². The van der Waals surface area contributed by atoms with Gasteiger partial charge < -0.3 is 5.11 Å². The van der Waals surface area contributed by atoms with Crippen LogP contribution in [-0.2, 0) is 4.79 Å². The maximum Gasteiger partial charge on any atom is 0.306 e. The molecule has 3 unspecified atom stereocenters. The van der Waals surface area contributed by atoms with Crippen LogP contribution in [0.25, 0.3) is 0 Å². The van der Waals surface area contributed by atoms with Gasteiger partial charge in [0.1, 0.15) is 0 Å². The lowest BCUT2D eigenvalue weighted by Crippen LogP contribution is -2.29. The number of aliphatic carboxylic acids is 1. The summed E-state index contributed by atoms with van der Waals surface area (Å²) in [4.78, 5) is 10.8. The number of carbonyl (C=O) groups is 1. The molecule has 70 valence electrons. The van der Waals surface area contributed by atoms with Gasteiger partial charge in [-0.2, -0.15) is 0 Å². The Morgan fingerprint density at radius 2 is 2.17 bits per heavy atom. The van der Waals surface area contributed by atoms with Crippen molar-refractivity contribution < 1.29 is 9.90 Å². The second-order valence-corrected chi connectivity index (χ2v) is 4.01. The van der Waals surface area contributed by atoms with Crippen LogP contribution in [0.4, 0.5) is 0 Å². The summed E-state index contributed by atoms with van der Waals surface area (Å²) in [7, 11) is 0. The fraction of sp³-hybridized carbons (Fsp3) is 0.900. The number of carboxylic acid groups (broad SMARTS) is 1. The van der Waals surface area contributed by atoms with Crippen LogP contribution in [0.5, 0.6) is 0 Å². The van der Waals surface area contributed by atoms with Crippen molar-refractivity contribution in [1.29, 1.82) is 0 Å². The fourth-order valence-electron chi connectivity index (χ4n) is 2.12. The number of carboxylic acids is 1. The van der Waals surface area contributed by atoms with E-state index >= 15 is 0 Å². The SMILES string of the molecule is CCC1CCC(C)C(C(=O)O)C1. The van der Waals surface area contributed by atoms with Crippen LogP contribution in [0.15, 0.2) is 0 Å². The number of hydrogen-bond donors (Lipinski definition) is 1. The molecule has 3 atom stereocenters. The van der Waals surface area contributed by atoms with Gasteiger partial charge in [0.2, 0.25) is 0 Å². The third-order valence-electron chi connectivity index (χ3n) is 3.20. The van der Waals surface area contributed by atoms with E-state index in [0.29, 0.717) is 11.8 Å². The van der Waals surface area contributed by atoms with Gasteiger partial charge in [-0.25, -0.2) is 0 Å². The van der Waals surface area contributed by atoms with Crippen molar-refractivity contribution in [3.63, 3.8) is 0 Å². The summed E-state index contributed by atoms with van der Waals surface area (Å²) in [5.74, 6) is 0.358. The Morgan fingerprint density at radius 3 is 2.67 bits per heavy atom. The third kappa shape index (κ3) is 1.99. The fourth-order valence-corrected chi connectivity index (χ4v) is 2.12. The predicted molar refractivity (Wildman–Crippen MR) is 47.9 cm³/mol. The van der Waals surface area contributed by atoms with Crippen LogP contribution in [-0.4, -0.2) is 11.1 Å². The minimum atomic E-state index is -0.597. The zero-order valence-corrected chi connectivity index (χ0v) is 7.92. The van der Waals surface area contributed by atoms with E-state index in [9.17, 15) is 4.79 Å². The lowest BCUT2D eigenvalue weighted by atomic mass is 9.74. The molecule has 0 saturated heterocycles. The van der Waals surface area contributed by atoms with Gasteiger partial charge in [-0.15, -0.1) is 0 Å². The number of rotatable bonds is 2. The van der Waals surface area contributed by atoms with Gasteiger partial charge in [0, 0.05) is 0 Å². The van der Waals surface area contributed by atoms with E-state index in [1.165, 1.54) is 6.42 Å². The van der Waals surface area contributed by atoms with E-state index in [0.717, 1.165) is 19.3 Å². The first-order valence-corrected chi connectivity index (χ1v) is 4.88. The molecule has 0 heterocycles. The normalized spacial score (nSPS) is 36.3. The van der Waals surface area contributed by atoms with Crippen LogP contribution in [0.2, 0.25) is 0 Å². The van der Waals surface area contributed by atoms with Crippen molar-refractivity contribution >= 4 is 5.97 Å². The Kier molecular flexibility index (Phi) is 3.12. The highest BCUT2D eigenvalue weighted by Crippen LogP contribution is 2.35. The van der Waals surface area contributed by atoms with Gasteiger partial charge in [0.15, 0.2) is 0 Å². The molecule has 2 heteroatoms. The molecule has 0 aromatic rings. The molecular weight excluding hydrogens is 152 g/mol. The average molecular weight is 170 g/mol. The molecule has 1 N–H and O–H groups in total. The van der Waals surface area contributed by atoms with E-state index < -0.39 is 5.97 Å². The zero-order chi connectivity index (χ0) is 9.14. The molecule has 1 aliphatic rings. The molecule has 0 bridgehead atoms. The van der Waals surface area contributed by atoms with E-state index in [4.69, 9.17) is 5.11 Å². The molecule has 1 rings (SSSR count). The van der Waals surface area contributed by atoms with Gasteiger partial charge in [-0.3, -0.25) is 4.79 Å². The highest BCUT2D eigenvalue weighted by molar-refractivity contribution is 5.70. The summed E-state index contributed by atoms with van der Waals surface area (Å²) in [6.07, 6.45) is 4.35. The first kappa shape index (κ1) is 9.56. The maximum atomic E-state index is 10.8. The molecule has 1 fully saturated rings. The van der Waals surface area contributed by atoms with Crippen molar-refractivity contribution in [2.24, 2.45) is 17.8 Å². The Bertz CT molecular complexity index is 165. The van der Waals surface area contributed by atoms with E-state index in [-0.39, 0.29) is 5.92 Å². The topological polar surface area (TPSA) is 37.3 Å². The van der Waals surface area contributed by atoms with Crippen LogP contribution in [0, 0.1) is 17.8 Å². The highest BCUT2D eigenvalue weighted by atomic mass is 16.4. The molecule has 0 aliphatic heterocycles. The van der Waals surface area contributed by atoms with Crippen molar-refractivity contribution in [3.8, 4) is 0 Å². The van der Waals surface area contributed by atoms with Crippen molar-refractivity contribution in [2.75, 3.05) is 0 Å². The lowest BCUT2D eigenvalue weighted by Gasteiger charge is -2.30.